The van der Waals surface area contributed by atoms with Gasteiger partial charge >= 0.3 is 0 Å². The van der Waals surface area contributed by atoms with E-state index in [4.69, 9.17) is 16.3 Å². The molecule has 30 heavy (non-hydrogen) atoms. The first kappa shape index (κ1) is 22.6. The summed E-state index contributed by atoms with van der Waals surface area (Å²) in [5.41, 5.74) is 1.35. The van der Waals surface area contributed by atoms with Gasteiger partial charge in [0, 0.05) is 31.2 Å². The van der Waals surface area contributed by atoms with Crippen LogP contribution in [0.3, 0.4) is 0 Å². The third-order valence-corrected chi connectivity index (χ3v) is 6.00. The highest BCUT2D eigenvalue weighted by Crippen LogP contribution is 2.21. The fraction of sp³-hybridized carbons (Fsp3) is 0.458. The Morgan fingerprint density at radius 3 is 2.87 bits per heavy atom. The number of benzene rings is 2. The molecule has 4 nitrogen and oxygen atoms in total. The Hall–Kier alpha value is -2.11. The second kappa shape index (κ2) is 10.8. The van der Waals surface area contributed by atoms with Gasteiger partial charge in [-0.25, -0.2) is 4.39 Å². The number of carbonyl (C=O) groups excluding carboxylic acids is 1. The van der Waals surface area contributed by atoms with Crippen LogP contribution in [0.2, 0.25) is 5.02 Å². The molecule has 162 valence electrons. The zero-order valence-corrected chi connectivity index (χ0v) is 18.5. The Labute approximate surface area is 183 Å². The number of rotatable bonds is 8. The number of hydrogen-bond acceptors (Lipinski definition) is 3. The van der Waals surface area contributed by atoms with Gasteiger partial charge in [0.1, 0.15) is 11.6 Å². The van der Waals surface area contributed by atoms with Gasteiger partial charge in [-0.05, 0) is 74.5 Å². The van der Waals surface area contributed by atoms with Gasteiger partial charge in [0.2, 0.25) is 0 Å². The van der Waals surface area contributed by atoms with E-state index >= 15 is 0 Å². The Morgan fingerprint density at radius 1 is 1.30 bits per heavy atom. The number of hydrogen-bond donors (Lipinski definition) is 0. The summed E-state index contributed by atoms with van der Waals surface area (Å²) in [4.78, 5) is 17.1. The van der Waals surface area contributed by atoms with Crippen LogP contribution in [0.15, 0.2) is 42.5 Å². The quantitative estimate of drug-likeness (QED) is 0.594. The maximum absolute atomic E-state index is 14.2. The van der Waals surface area contributed by atoms with E-state index in [0.29, 0.717) is 24.0 Å². The van der Waals surface area contributed by atoms with Crippen molar-refractivity contribution >= 4 is 17.5 Å². The first-order chi connectivity index (χ1) is 14.5. The summed E-state index contributed by atoms with van der Waals surface area (Å²) >= 11 is 5.82. The third kappa shape index (κ3) is 5.96. The number of likely N-dealkylation sites (tertiary alicyclic amines) is 1. The minimum atomic E-state index is -0.561. The standard InChI is InChI=1S/C24H30ClFN2O2/c1-3-28(24(29)22-10-9-20(25)15-23(22)26)17-19-7-5-12-27(16-19)13-11-18-6-4-8-21(14-18)30-2/h4,6,8-10,14-15,19H,3,5,7,11-13,16-17H2,1-2H3. The molecule has 0 aromatic heterocycles. The third-order valence-electron chi connectivity index (χ3n) is 5.76. The van der Waals surface area contributed by atoms with E-state index in [-0.39, 0.29) is 11.5 Å². The van der Waals surface area contributed by atoms with Crippen LogP contribution in [0.4, 0.5) is 4.39 Å². The van der Waals surface area contributed by atoms with E-state index in [1.54, 1.807) is 18.1 Å². The van der Waals surface area contributed by atoms with Crippen LogP contribution in [0, 0.1) is 11.7 Å². The van der Waals surface area contributed by atoms with Gasteiger partial charge in [-0.15, -0.1) is 0 Å². The van der Waals surface area contributed by atoms with Crippen LogP contribution in [-0.4, -0.2) is 55.5 Å². The normalized spacial score (nSPS) is 17.0. The van der Waals surface area contributed by atoms with Crippen molar-refractivity contribution in [3.63, 3.8) is 0 Å². The minimum Gasteiger partial charge on any atom is -0.497 e. The molecule has 1 amide bonds. The highest BCUT2D eigenvalue weighted by atomic mass is 35.5. The molecule has 6 heteroatoms. The SMILES string of the molecule is CCN(CC1CCCN(CCc2cccc(OC)c2)C1)C(=O)c1ccc(Cl)cc1F. The van der Waals surface area contributed by atoms with Crippen molar-refractivity contribution in [3.8, 4) is 5.75 Å². The molecule has 0 saturated carbocycles. The van der Waals surface area contributed by atoms with E-state index in [9.17, 15) is 9.18 Å². The van der Waals surface area contributed by atoms with E-state index in [2.05, 4.69) is 17.0 Å². The van der Waals surface area contributed by atoms with Crippen LogP contribution in [0.25, 0.3) is 0 Å². The Balaban J connectivity index is 1.56. The molecule has 0 N–H and O–H groups in total. The molecule has 1 saturated heterocycles. The maximum atomic E-state index is 14.2. The molecule has 1 unspecified atom stereocenters. The monoisotopic (exact) mass is 432 g/mol. The summed E-state index contributed by atoms with van der Waals surface area (Å²) in [6.45, 7) is 6.15. The summed E-state index contributed by atoms with van der Waals surface area (Å²) in [7, 11) is 1.69. The van der Waals surface area contributed by atoms with Gasteiger partial charge in [-0.1, -0.05) is 23.7 Å². The summed E-state index contributed by atoms with van der Waals surface area (Å²) in [5, 5.41) is 0.297. The lowest BCUT2D eigenvalue weighted by molar-refractivity contribution is 0.0686. The Kier molecular flexibility index (Phi) is 8.11. The van der Waals surface area contributed by atoms with Gasteiger partial charge in [-0.3, -0.25) is 4.79 Å². The molecule has 0 spiro atoms. The van der Waals surface area contributed by atoms with Gasteiger partial charge in [0.15, 0.2) is 0 Å². The van der Waals surface area contributed by atoms with E-state index in [0.717, 1.165) is 44.6 Å². The molecule has 1 heterocycles. The van der Waals surface area contributed by atoms with Crippen molar-refractivity contribution in [2.45, 2.75) is 26.2 Å². The number of halogens is 2. The van der Waals surface area contributed by atoms with Gasteiger partial charge in [0.25, 0.3) is 5.91 Å². The molecule has 0 radical (unpaired) electrons. The first-order valence-electron chi connectivity index (χ1n) is 10.6. The lowest BCUT2D eigenvalue weighted by atomic mass is 9.96. The molecule has 1 aliphatic heterocycles. The number of methoxy groups -OCH3 is 1. The Morgan fingerprint density at radius 2 is 2.13 bits per heavy atom. The average Bonchev–Trinajstić information content (AvgIpc) is 2.76. The van der Waals surface area contributed by atoms with E-state index < -0.39 is 5.82 Å². The predicted octanol–water partition coefficient (Wildman–Crippen LogP) is 4.90. The zero-order valence-electron chi connectivity index (χ0n) is 17.7. The van der Waals surface area contributed by atoms with Crippen LogP contribution in [0.5, 0.6) is 5.75 Å². The van der Waals surface area contributed by atoms with Crippen molar-refractivity contribution in [3.05, 3.63) is 64.4 Å². The van der Waals surface area contributed by atoms with Crippen molar-refractivity contribution in [2.75, 3.05) is 39.8 Å². The molecule has 0 bridgehead atoms. The summed E-state index contributed by atoms with van der Waals surface area (Å²) in [6.07, 6.45) is 3.17. The summed E-state index contributed by atoms with van der Waals surface area (Å²) < 4.78 is 19.5. The topological polar surface area (TPSA) is 32.8 Å². The van der Waals surface area contributed by atoms with Crippen molar-refractivity contribution in [1.82, 2.24) is 9.80 Å². The van der Waals surface area contributed by atoms with Gasteiger partial charge in [0.05, 0.1) is 12.7 Å². The lowest BCUT2D eigenvalue weighted by Crippen LogP contribution is -2.43. The molecule has 0 aliphatic carbocycles. The van der Waals surface area contributed by atoms with Crippen molar-refractivity contribution < 1.29 is 13.9 Å². The van der Waals surface area contributed by atoms with E-state index in [1.807, 2.05) is 19.1 Å². The smallest absolute Gasteiger partial charge is 0.256 e. The van der Waals surface area contributed by atoms with Crippen molar-refractivity contribution in [2.24, 2.45) is 5.92 Å². The first-order valence-corrected chi connectivity index (χ1v) is 11.0. The Bertz CT molecular complexity index is 861. The highest BCUT2D eigenvalue weighted by molar-refractivity contribution is 6.30. The second-order valence-electron chi connectivity index (χ2n) is 7.88. The number of ether oxygens (including phenoxy) is 1. The predicted molar refractivity (Wildman–Crippen MR) is 119 cm³/mol. The van der Waals surface area contributed by atoms with E-state index in [1.165, 1.54) is 17.7 Å². The summed E-state index contributed by atoms with van der Waals surface area (Å²) in [5.74, 6) is 0.452. The molecule has 2 aromatic carbocycles. The largest absolute Gasteiger partial charge is 0.497 e. The summed E-state index contributed by atoms with van der Waals surface area (Å²) in [6, 6.07) is 12.4. The number of piperidine rings is 1. The molecule has 2 aromatic rings. The van der Waals surface area contributed by atoms with Crippen LogP contribution < -0.4 is 4.74 Å². The zero-order chi connectivity index (χ0) is 21.5. The lowest BCUT2D eigenvalue weighted by Gasteiger charge is -2.35. The second-order valence-corrected chi connectivity index (χ2v) is 8.31. The van der Waals surface area contributed by atoms with Gasteiger partial charge in [-0.2, -0.15) is 0 Å². The fourth-order valence-electron chi connectivity index (χ4n) is 4.12. The number of carbonyl (C=O) groups is 1. The number of nitrogens with zero attached hydrogens (tertiary/aromatic N) is 2. The average molecular weight is 433 g/mol. The number of amides is 1. The van der Waals surface area contributed by atoms with Crippen molar-refractivity contribution in [1.29, 1.82) is 0 Å². The van der Waals surface area contributed by atoms with Gasteiger partial charge < -0.3 is 14.5 Å². The maximum Gasteiger partial charge on any atom is 0.256 e. The molecule has 1 fully saturated rings. The minimum absolute atomic E-state index is 0.0898. The molecular weight excluding hydrogens is 403 g/mol. The molecule has 3 rings (SSSR count). The molecular formula is C24H30ClFN2O2. The molecule has 1 aliphatic rings. The van der Waals surface area contributed by atoms with Crippen LogP contribution in [0.1, 0.15) is 35.7 Å². The van der Waals surface area contributed by atoms with Crippen LogP contribution >= 0.6 is 11.6 Å². The highest BCUT2D eigenvalue weighted by Gasteiger charge is 2.25. The van der Waals surface area contributed by atoms with Crippen LogP contribution in [-0.2, 0) is 6.42 Å². The fourth-order valence-corrected chi connectivity index (χ4v) is 4.28. The molecule has 1 atom stereocenters.